The second-order valence-electron chi connectivity index (χ2n) is 5.23. The van der Waals surface area contributed by atoms with Crippen LogP contribution in [0.3, 0.4) is 0 Å². The zero-order valence-corrected chi connectivity index (χ0v) is 12.6. The van der Waals surface area contributed by atoms with Gasteiger partial charge in [-0.2, -0.15) is 0 Å². The summed E-state index contributed by atoms with van der Waals surface area (Å²) in [4.78, 5) is 18.1. The average molecular weight is 320 g/mol. The molecule has 1 saturated heterocycles. The number of nitrogens with one attached hydrogen (secondary N) is 1. The smallest absolute Gasteiger partial charge is 0.245 e. The number of amides is 1. The monoisotopic (exact) mass is 319 g/mol. The van der Waals surface area contributed by atoms with Crippen molar-refractivity contribution in [1.29, 1.82) is 0 Å². The van der Waals surface area contributed by atoms with Gasteiger partial charge in [-0.1, -0.05) is 23.7 Å². The van der Waals surface area contributed by atoms with E-state index in [1.165, 1.54) is 12.1 Å². The van der Waals surface area contributed by atoms with E-state index in [0.29, 0.717) is 30.2 Å². The van der Waals surface area contributed by atoms with Crippen LogP contribution in [-0.2, 0) is 11.3 Å². The van der Waals surface area contributed by atoms with E-state index >= 15 is 0 Å². The quantitative estimate of drug-likeness (QED) is 0.942. The first-order chi connectivity index (χ1) is 10.6. The molecule has 114 valence electrons. The Kier molecular flexibility index (Phi) is 4.24. The molecule has 4 nitrogen and oxygen atoms in total. The van der Waals surface area contributed by atoms with Crippen molar-refractivity contribution in [2.45, 2.75) is 19.0 Å². The van der Waals surface area contributed by atoms with Crippen LogP contribution in [-0.4, -0.2) is 28.4 Å². The van der Waals surface area contributed by atoms with Gasteiger partial charge in [-0.25, -0.2) is 4.39 Å². The molecular formula is C16H15ClFN3O. The highest BCUT2D eigenvalue weighted by atomic mass is 35.5. The normalized spacial score (nSPS) is 17.8. The molecule has 1 aliphatic rings. The number of pyridine rings is 1. The maximum Gasteiger partial charge on any atom is 0.245 e. The van der Waals surface area contributed by atoms with Gasteiger partial charge >= 0.3 is 0 Å². The van der Waals surface area contributed by atoms with Crippen molar-refractivity contribution >= 4 is 23.2 Å². The Labute approximate surface area is 132 Å². The van der Waals surface area contributed by atoms with Crippen LogP contribution in [0.1, 0.15) is 12.0 Å². The van der Waals surface area contributed by atoms with E-state index in [1.807, 2.05) is 0 Å². The molecule has 0 aliphatic carbocycles. The highest BCUT2D eigenvalue weighted by Gasteiger charge is 2.31. The van der Waals surface area contributed by atoms with Crippen LogP contribution in [0.5, 0.6) is 0 Å². The van der Waals surface area contributed by atoms with Crippen LogP contribution >= 0.6 is 11.6 Å². The fourth-order valence-electron chi connectivity index (χ4n) is 2.52. The number of nitrogens with zero attached hydrogens (tertiary/aromatic N) is 2. The molecule has 0 radical (unpaired) electrons. The predicted octanol–water partition coefficient (Wildman–Crippen LogP) is 3.09. The van der Waals surface area contributed by atoms with Gasteiger partial charge in [0.25, 0.3) is 0 Å². The zero-order chi connectivity index (χ0) is 15.5. The third-order valence-corrected chi connectivity index (χ3v) is 3.99. The summed E-state index contributed by atoms with van der Waals surface area (Å²) in [6.45, 7) is 1.15. The number of hydrogen-bond acceptors (Lipinski definition) is 3. The summed E-state index contributed by atoms with van der Waals surface area (Å²) in [5, 5.41) is 3.65. The molecule has 3 rings (SSSR count). The molecule has 0 bridgehead atoms. The molecule has 1 aromatic heterocycles. The highest BCUT2D eigenvalue weighted by molar-refractivity contribution is 6.33. The number of aromatic nitrogens is 1. The van der Waals surface area contributed by atoms with E-state index in [4.69, 9.17) is 11.6 Å². The van der Waals surface area contributed by atoms with Crippen molar-refractivity contribution in [3.63, 3.8) is 0 Å². The van der Waals surface area contributed by atoms with Crippen molar-refractivity contribution in [2.75, 3.05) is 11.9 Å². The van der Waals surface area contributed by atoms with E-state index in [0.717, 1.165) is 5.56 Å². The van der Waals surface area contributed by atoms with Gasteiger partial charge in [-0.05, 0) is 30.2 Å². The summed E-state index contributed by atoms with van der Waals surface area (Å²) in [6.07, 6.45) is 3.88. The first-order valence-electron chi connectivity index (χ1n) is 7.03. The first kappa shape index (κ1) is 14.8. The van der Waals surface area contributed by atoms with Crippen molar-refractivity contribution in [3.8, 4) is 0 Å². The molecular weight excluding hydrogens is 305 g/mol. The molecule has 0 saturated carbocycles. The third kappa shape index (κ3) is 3.20. The minimum Gasteiger partial charge on any atom is -0.372 e. The van der Waals surface area contributed by atoms with Crippen molar-refractivity contribution in [3.05, 3.63) is 59.1 Å². The summed E-state index contributed by atoms with van der Waals surface area (Å²) in [7, 11) is 0. The topological polar surface area (TPSA) is 45.2 Å². The predicted molar refractivity (Wildman–Crippen MR) is 83.1 cm³/mol. The number of rotatable bonds is 4. The minimum atomic E-state index is -0.291. The fraction of sp³-hybridized carbons (Fsp3) is 0.250. The van der Waals surface area contributed by atoms with Gasteiger partial charge in [0.15, 0.2) is 0 Å². The van der Waals surface area contributed by atoms with Gasteiger partial charge in [0.2, 0.25) is 5.91 Å². The molecule has 0 spiro atoms. The van der Waals surface area contributed by atoms with Crippen LogP contribution in [0.15, 0.2) is 42.7 Å². The summed E-state index contributed by atoms with van der Waals surface area (Å²) in [6, 6.07) is 7.66. The van der Waals surface area contributed by atoms with E-state index in [1.54, 1.807) is 35.5 Å². The summed E-state index contributed by atoms with van der Waals surface area (Å²) >= 11 is 6.05. The largest absolute Gasteiger partial charge is 0.372 e. The summed E-state index contributed by atoms with van der Waals surface area (Å²) in [5.74, 6) is -0.249. The van der Waals surface area contributed by atoms with Crippen LogP contribution < -0.4 is 5.32 Å². The Hall–Kier alpha value is -2.14. The molecule has 2 heterocycles. The molecule has 1 amide bonds. The second kappa shape index (κ2) is 6.32. The fourth-order valence-corrected chi connectivity index (χ4v) is 2.69. The lowest BCUT2D eigenvalue weighted by molar-refractivity contribution is -0.128. The third-order valence-electron chi connectivity index (χ3n) is 3.69. The SMILES string of the molecule is O=C1C(Nc2ccncc2Cl)CCN1Cc1ccc(F)cc1. The van der Waals surface area contributed by atoms with Crippen molar-refractivity contribution in [1.82, 2.24) is 9.88 Å². The van der Waals surface area contributed by atoms with E-state index < -0.39 is 0 Å². The van der Waals surface area contributed by atoms with Crippen molar-refractivity contribution in [2.24, 2.45) is 0 Å². The Morgan fingerprint density at radius 2 is 2.09 bits per heavy atom. The van der Waals surface area contributed by atoms with Crippen LogP contribution in [0.2, 0.25) is 5.02 Å². The van der Waals surface area contributed by atoms with Crippen LogP contribution in [0.4, 0.5) is 10.1 Å². The Bertz CT molecular complexity index is 677. The standard InChI is InChI=1S/C16H15ClFN3O/c17-13-9-19-7-5-14(13)20-15-6-8-21(16(15)22)10-11-1-3-12(18)4-2-11/h1-5,7,9,15H,6,8,10H2,(H,19,20). The molecule has 1 atom stereocenters. The molecule has 22 heavy (non-hydrogen) atoms. The Morgan fingerprint density at radius 1 is 1.32 bits per heavy atom. The minimum absolute atomic E-state index is 0.0252. The Balaban J connectivity index is 1.65. The summed E-state index contributed by atoms with van der Waals surface area (Å²) in [5.41, 5.74) is 1.62. The summed E-state index contributed by atoms with van der Waals surface area (Å²) < 4.78 is 12.9. The number of halogens is 2. The molecule has 2 aromatic rings. The first-order valence-corrected chi connectivity index (χ1v) is 7.40. The number of likely N-dealkylation sites (tertiary alicyclic amines) is 1. The van der Waals surface area contributed by atoms with E-state index in [9.17, 15) is 9.18 Å². The van der Waals surface area contributed by atoms with Gasteiger partial charge in [0, 0.05) is 25.5 Å². The molecule has 1 aliphatic heterocycles. The van der Waals surface area contributed by atoms with Crippen molar-refractivity contribution < 1.29 is 9.18 Å². The van der Waals surface area contributed by atoms with Gasteiger partial charge in [0.1, 0.15) is 11.9 Å². The average Bonchev–Trinajstić information content (AvgIpc) is 2.85. The van der Waals surface area contributed by atoms with Crippen LogP contribution in [0.25, 0.3) is 0 Å². The number of benzene rings is 1. The number of hydrogen-bond donors (Lipinski definition) is 1. The lowest BCUT2D eigenvalue weighted by Crippen LogP contribution is -2.33. The second-order valence-corrected chi connectivity index (χ2v) is 5.63. The van der Waals surface area contributed by atoms with E-state index in [-0.39, 0.29) is 17.8 Å². The van der Waals surface area contributed by atoms with E-state index in [2.05, 4.69) is 10.3 Å². The molecule has 6 heteroatoms. The number of carbonyl (C=O) groups is 1. The van der Waals surface area contributed by atoms with Gasteiger partial charge in [-0.3, -0.25) is 9.78 Å². The lowest BCUT2D eigenvalue weighted by Gasteiger charge is -2.18. The van der Waals surface area contributed by atoms with Gasteiger partial charge in [-0.15, -0.1) is 0 Å². The van der Waals surface area contributed by atoms with Gasteiger partial charge in [0.05, 0.1) is 10.7 Å². The molecule has 1 aromatic carbocycles. The maximum absolute atomic E-state index is 12.9. The molecule has 1 fully saturated rings. The molecule has 1 N–H and O–H groups in total. The number of anilines is 1. The maximum atomic E-state index is 12.9. The highest BCUT2D eigenvalue weighted by Crippen LogP contribution is 2.24. The number of carbonyl (C=O) groups excluding carboxylic acids is 1. The van der Waals surface area contributed by atoms with Gasteiger partial charge < -0.3 is 10.2 Å². The Morgan fingerprint density at radius 3 is 2.82 bits per heavy atom. The lowest BCUT2D eigenvalue weighted by atomic mass is 10.2. The zero-order valence-electron chi connectivity index (χ0n) is 11.8. The molecule has 1 unspecified atom stereocenters. The van der Waals surface area contributed by atoms with Crippen LogP contribution in [0, 0.1) is 5.82 Å².